The Bertz CT molecular complexity index is 3940. The predicted octanol–water partition coefficient (Wildman–Crippen LogP) is 19.3. The topological polar surface area (TPSA) is 3.24 Å². The fraction of sp³-hybridized carbons (Fsp3) is 0.0149. The molecule has 2 aromatic heterocycles. The van der Waals surface area contributed by atoms with Crippen LogP contribution in [-0.2, 0) is 5.41 Å². The van der Waals surface area contributed by atoms with Crippen molar-refractivity contribution in [2.24, 2.45) is 0 Å². The van der Waals surface area contributed by atoms with Gasteiger partial charge in [0.15, 0.2) is 0 Å². The molecule has 14 rings (SSSR count). The van der Waals surface area contributed by atoms with Gasteiger partial charge in [-0.15, -0.1) is 22.7 Å². The molecule has 0 amide bonds. The summed E-state index contributed by atoms with van der Waals surface area (Å²) >= 11 is 3.78. The summed E-state index contributed by atoms with van der Waals surface area (Å²) in [6, 6.07) is 96.8. The summed E-state index contributed by atoms with van der Waals surface area (Å²) in [6.07, 6.45) is 0. The van der Waals surface area contributed by atoms with E-state index in [1.807, 2.05) is 22.7 Å². The molecule has 0 saturated heterocycles. The van der Waals surface area contributed by atoms with E-state index in [4.69, 9.17) is 0 Å². The molecule has 1 aliphatic rings. The first-order chi connectivity index (χ1) is 34.7. The van der Waals surface area contributed by atoms with Crippen LogP contribution in [0.15, 0.2) is 261 Å². The third-order valence-electron chi connectivity index (χ3n) is 14.5. The number of anilines is 3. The third-order valence-corrected chi connectivity index (χ3v) is 17.0. The highest BCUT2D eigenvalue weighted by molar-refractivity contribution is 7.26. The maximum absolute atomic E-state index is 2.45. The van der Waals surface area contributed by atoms with Gasteiger partial charge in [0.25, 0.3) is 0 Å². The van der Waals surface area contributed by atoms with Crippen LogP contribution in [0.1, 0.15) is 22.3 Å². The standard InChI is InChI=1S/C67H43NS2/c1-4-18-48(19-5-1)67(49-20-6-2-7-21-49)61-31-13-10-24-55(61)56-39-38-52(43-62(56)67)68(50-22-8-3-9-23-50)51-36-34-44(35-37-51)45-40-46(53-27-16-29-59-57-25-11-14-32-63(57)69-65(53)59)42-47(41-45)54-28-17-30-60-58-26-12-15-33-64(58)70-66(54)60/h1-43H. The van der Waals surface area contributed by atoms with Crippen molar-refractivity contribution in [3.63, 3.8) is 0 Å². The van der Waals surface area contributed by atoms with Crippen molar-refractivity contribution < 1.29 is 0 Å². The van der Waals surface area contributed by atoms with E-state index in [9.17, 15) is 0 Å². The number of nitrogens with zero attached hydrogens (tertiary/aromatic N) is 1. The van der Waals surface area contributed by atoms with E-state index in [0.29, 0.717) is 0 Å². The highest BCUT2D eigenvalue weighted by atomic mass is 32.1. The summed E-state index contributed by atoms with van der Waals surface area (Å²) in [5, 5.41) is 5.24. The lowest BCUT2D eigenvalue weighted by molar-refractivity contribution is 0.768. The van der Waals surface area contributed by atoms with Gasteiger partial charge in [0, 0.05) is 57.4 Å². The van der Waals surface area contributed by atoms with Gasteiger partial charge in [-0.3, -0.25) is 0 Å². The van der Waals surface area contributed by atoms with Gasteiger partial charge in [0.2, 0.25) is 0 Å². The number of thiophene rings is 2. The molecule has 70 heavy (non-hydrogen) atoms. The Morgan fingerprint density at radius 3 is 1.31 bits per heavy atom. The summed E-state index contributed by atoms with van der Waals surface area (Å²) < 4.78 is 5.27. The summed E-state index contributed by atoms with van der Waals surface area (Å²) in [6.45, 7) is 0. The van der Waals surface area contributed by atoms with Crippen molar-refractivity contribution in [3.8, 4) is 44.5 Å². The number of para-hydroxylation sites is 1. The van der Waals surface area contributed by atoms with Crippen LogP contribution < -0.4 is 4.90 Å². The minimum atomic E-state index is -0.500. The first-order valence-electron chi connectivity index (χ1n) is 24.0. The second kappa shape index (κ2) is 16.4. The molecule has 3 heteroatoms. The van der Waals surface area contributed by atoms with Crippen LogP contribution in [0.2, 0.25) is 0 Å². The molecule has 0 unspecified atom stereocenters. The van der Waals surface area contributed by atoms with Crippen LogP contribution in [0.3, 0.4) is 0 Å². The molecule has 0 fully saturated rings. The monoisotopic (exact) mass is 925 g/mol. The van der Waals surface area contributed by atoms with Crippen molar-refractivity contribution in [2.75, 3.05) is 4.90 Å². The molecule has 1 aliphatic carbocycles. The molecule has 11 aromatic carbocycles. The lowest BCUT2D eigenvalue weighted by Crippen LogP contribution is -2.28. The average molecular weight is 926 g/mol. The molecule has 1 nitrogen and oxygen atoms in total. The van der Waals surface area contributed by atoms with Crippen LogP contribution in [0.4, 0.5) is 17.1 Å². The zero-order chi connectivity index (χ0) is 46.2. The second-order valence-electron chi connectivity index (χ2n) is 18.3. The third kappa shape index (κ3) is 6.36. The average Bonchev–Trinajstić information content (AvgIpc) is 4.10. The Morgan fingerprint density at radius 1 is 0.271 bits per heavy atom. The molecular formula is C67H43NS2. The van der Waals surface area contributed by atoms with E-state index in [0.717, 1.165) is 17.1 Å². The number of fused-ring (bicyclic) bond motifs is 9. The van der Waals surface area contributed by atoms with E-state index < -0.39 is 5.41 Å². The van der Waals surface area contributed by atoms with Crippen molar-refractivity contribution in [1.82, 2.24) is 0 Å². The zero-order valence-corrected chi connectivity index (χ0v) is 39.7. The second-order valence-corrected chi connectivity index (χ2v) is 20.4. The summed E-state index contributed by atoms with van der Waals surface area (Å²) in [4.78, 5) is 2.42. The molecule has 0 bridgehead atoms. The first kappa shape index (κ1) is 40.7. The molecule has 0 spiro atoms. The highest BCUT2D eigenvalue weighted by Crippen LogP contribution is 2.57. The Balaban J connectivity index is 0.938. The van der Waals surface area contributed by atoms with Crippen LogP contribution in [0.25, 0.3) is 84.9 Å². The molecule has 328 valence electrons. The minimum absolute atomic E-state index is 0.500. The fourth-order valence-electron chi connectivity index (χ4n) is 11.5. The van der Waals surface area contributed by atoms with E-state index in [-0.39, 0.29) is 0 Å². The SMILES string of the molecule is c1ccc(N(c2ccc(-c3cc(-c4cccc5c4sc4ccccc45)cc(-c4cccc5c4sc4ccccc45)c3)cc2)c2ccc3c(c2)C(c2ccccc2)(c2ccccc2)c2ccccc2-3)cc1. The van der Waals surface area contributed by atoms with Crippen LogP contribution in [0.5, 0.6) is 0 Å². The van der Waals surface area contributed by atoms with Gasteiger partial charge < -0.3 is 4.90 Å². The molecule has 2 heterocycles. The largest absolute Gasteiger partial charge is 0.310 e. The summed E-state index contributed by atoms with van der Waals surface area (Å²) in [5.41, 5.74) is 17.8. The number of hydrogen-bond acceptors (Lipinski definition) is 3. The smallest absolute Gasteiger partial charge is 0.0714 e. The Morgan fingerprint density at radius 2 is 0.714 bits per heavy atom. The Hall–Kier alpha value is -8.34. The number of hydrogen-bond donors (Lipinski definition) is 0. The van der Waals surface area contributed by atoms with Crippen molar-refractivity contribution >= 4 is 80.1 Å². The normalized spacial score (nSPS) is 12.7. The predicted molar refractivity (Wildman–Crippen MR) is 301 cm³/mol. The van der Waals surface area contributed by atoms with Crippen molar-refractivity contribution in [2.45, 2.75) is 5.41 Å². The minimum Gasteiger partial charge on any atom is -0.310 e. The van der Waals surface area contributed by atoms with Gasteiger partial charge in [-0.2, -0.15) is 0 Å². The maximum Gasteiger partial charge on any atom is 0.0714 e. The quantitative estimate of drug-likeness (QED) is 0.147. The van der Waals surface area contributed by atoms with Gasteiger partial charge in [-0.05, 0) is 133 Å². The van der Waals surface area contributed by atoms with Gasteiger partial charge in [0.05, 0.1) is 5.41 Å². The molecule has 0 N–H and O–H groups in total. The lowest BCUT2D eigenvalue weighted by atomic mass is 9.67. The maximum atomic E-state index is 2.45. The molecule has 13 aromatic rings. The number of benzene rings is 11. The number of rotatable bonds is 8. The fourth-order valence-corrected chi connectivity index (χ4v) is 13.9. The van der Waals surface area contributed by atoms with Gasteiger partial charge in [-0.25, -0.2) is 0 Å². The van der Waals surface area contributed by atoms with Crippen molar-refractivity contribution in [3.05, 3.63) is 283 Å². The summed E-state index contributed by atoms with van der Waals surface area (Å²) in [5.74, 6) is 0. The Labute approximate surface area is 415 Å². The first-order valence-corrected chi connectivity index (χ1v) is 25.6. The van der Waals surface area contributed by atoms with Gasteiger partial charge >= 0.3 is 0 Å². The Kier molecular flexibility index (Phi) is 9.55. The van der Waals surface area contributed by atoms with Crippen LogP contribution in [-0.4, -0.2) is 0 Å². The molecule has 0 aliphatic heterocycles. The van der Waals surface area contributed by atoms with E-state index in [2.05, 4.69) is 266 Å². The van der Waals surface area contributed by atoms with Crippen LogP contribution in [0, 0.1) is 0 Å². The molecular weight excluding hydrogens is 883 g/mol. The van der Waals surface area contributed by atoms with Gasteiger partial charge in [0.1, 0.15) is 0 Å². The van der Waals surface area contributed by atoms with Gasteiger partial charge in [-0.1, -0.05) is 194 Å². The molecule has 0 saturated carbocycles. The summed E-state index contributed by atoms with van der Waals surface area (Å²) in [7, 11) is 0. The van der Waals surface area contributed by atoms with E-state index in [1.165, 1.54) is 107 Å². The van der Waals surface area contributed by atoms with Crippen molar-refractivity contribution in [1.29, 1.82) is 0 Å². The van der Waals surface area contributed by atoms with E-state index in [1.54, 1.807) is 0 Å². The lowest BCUT2D eigenvalue weighted by Gasteiger charge is -2.35. The molecule has 0 radical (unpaired) electrons. The zero-order valence-electron chi connectivity index (χ0n) is 38.1. The van der Waals surface area contributed by atoms with Crippen LogP contribution >= 0.6 is 22.7 Å². The highest BCUT2D eigenvalue weighted by Gasteiger charge is 2.46. The van der Waals surface area contributed by atoms with E-state index >= 15 is 0 Å². The molecule has 0 atom stereocenters.